The topological polar surface area (TPSA) is 63.2 Å². The van der Waals surface area contributed by atoms with Crippen molar-refractivity contribution in [1.82, 2.24) is 4.72 Å². The molecule has 0 saturated carbocycles. The summed E-state index contributed by atoms with van der Waals surface area (Å²) in [5.41, 5.74) is 1.82. The smallest absolute Gasteiger partial charge is 0.241 e. The van der Waals surface area contributed by atoms with Gasteiger partial charge in [0.2, 0.25) is 10.0 Å². The highest BCUT2D eigenvalue weighted by Crippen LogP contribution is 2.13. The van der Waals surface area contributed by atoms with Crippen molar-refractivity contribution in [3.05, 3.63) is 65.7 Å². The third kappa shape index (κ3) is 4.89. The maximum absolute atomic E-state index is 12.5. The highest BCUT2D eigenvalue weighted by atomic mass is 35.5. The average Bonchev–Trinajstić information content (AvgIpc) is 2.54. The first-order valence-corrected chi connectivity index (χ1v) is 9.16. The SMILES string of the molecule is Cc1ccc(S(=O)(=O)N[C@H](Cc2ccccc2)C(=O)CCl)cc1. The molecule has 4 nitrogen and oxygen atoms in total. The summed E-state index contributed by atoms with van der Waals surface area (Å²) in [7, 11) is -3.78. The molecule has 0 saturated heterocycles. The van der Waals surface area contributed by atoms with Crippen molar-refractivity contribution < 1.29 is 13.2 Å². The van der Waals surface area contributed by atoms with Gasteiger partial charge in [0, 0.05) is 0 Å². The Kier molecular flexibility index (Phi) is 5.93. The van der Waals surface area contributed by atoms with Gasteiger partial charge in [-0.15, -0.1) is 11.6 Å². The normalized spacial score (nSPS) is 12.8. The minimum absolute atomic E-state index is 0.128. The number of carbonyl (C=O) groups is 1. The molecule has 1 atom stereocenters. The first kappa shape index (κ1) is 17.7. The lowest BCUT2D eigenvalue weighted by Crippen LogP contribution is -2.43. The zero-order valence-corrected chi connectivity index (χ0v) is 14.3. The fourth-order valence-electron chi connectivity index (χ4n) is 2.14. The van der Waals surface area contributed by atoms with Gasteiger partial charge < -0.3 is 0 Å². The Hall–Kier alpha value is -1.69. The highest BCUT2D eigenvalue weighted by Gasteiger charge is 2.25. The lowest BCUT2D eigenvalue weighted by molar-refractivity contribution is -0.118. The molecule has 0 aliphatic carbocycles. The first-order valence-electron chi connectivity index (χ1n) is 7.14. The van der Waals surface area contributed by atoms with E-state index >= 15 is 0 Å². The van der Waals surface area contributed by atoms with Gasteiger partial charge in [-0.05, 0) is 31.0 Å². The zero-order chi connectivity index (χ0) is 16.9. The van der Waals surface area contributed by atoms with Gasteiger partial charge in [0.15, 0.2) is 5.78 Å². The maximum atomic E-state index is 12.5. The summed E-state index contributed by atoms with van der Waals surface area (Å²) in [5.74, 6) is -0.598. The average molecular weight is 352 g/mol. The van der Waals surface area contributed by atoms with Crippen molar-refractivity contribution in [1.29, 1.82) is 0 Å². The first-order chi connectivity index (χ1) is 10.9. The van der Waals surface area contributed by atoms with Crippen LogP contribution in [0.25, 0.3) is 0 Å². The van der Waals surface area contributed by atoms with Crippen LogP contribution in [-0.4, -0.2) is 26.1 Å². The van der Waals surface area contributed by atoms with Crippen LogP contribution in [0.15, 0.2) is 59.5 Å². The van der Waals surface area contributed by atoms with Crippen LogP contribution in [0.2, 0.25) is 0 Å². The van der Waals surface area contributed by atoms with Gasteiger partial charge in [-0.25, -0.2) is 13.1 Å². The molecule has 0 aliphatic rings. The van der Waals surface area contributed by atoms with Crippen molar-refractivity contribution in [2.75, 3.05) is 5.88 Å². The number of sulfonamides is 1. The van der Waals surface area contributed by atoms with E-state index in [4.69, 9.17) is 11.6 Å². The number of rotatable bonds is 7. The van der Waals surface area contributed by atoms with E-state index in [-0.39, 0.29) is 23.0 Å². The molecule has 1 N–H and O–H groups in total. The van der Waals surface area contributed by atoms with Crippen LogP contribution in [0.4, 0.5) is 0 Å². The second kappa shape index (κ2) is 7.73. The summed E-state index contributed by atoms with van der Waals surface area (Å²) in [6, 6.07) is 14.8. The Balaban J connectivity index is 2.23. The van der Waals surface area contributed by atoms with E-state index in [2.05, 4.69) is 4.72 Å². The Morgan fingerprint density at radius 1 is 1.09 bits per heavy atom. The Morgan fingerprint density at radius 3 is 2.26 bits per heavy atom. The van der Waals surface area contributed by atoms with E-state index in [1.165, 1.54) is 12.1 Å². The Bertz CT molecular complexity index is 758. The van der Waals surface area contributed by atoms with Crippen molar-refractivity contribution >= 4 is 27.4 Å². The number of alkyl halides is 1. The second-order valence-electron chi connectivity index (χ2n) is 5.28. The number of benzene rings is 2. The number of carbonyl (C=O) groups excluding carboxylic acids is 1. The van der Waals surface area contributed by atoms with Gasteiger partial charge in [-0.3, -0.25) is 4.79 Å². The molecule has 122 valence electrons. The summed E-state index contributed by atoms with van der Waals surface area (Å²) in [6.07, 6.45) is 0.261. The number of Topliss-reactive ketones (excluding diaryl/α,β-unsaturated/α-hetero) is 1. The van der Waals surface area contributed by atoms with Crippen LogP contribution >= 0.6 is 11.6 Å². The molecule has 0 radical (unpaired) electrons. The van der Waals surface area contributed by atoms with Gasteiger partial charge in [0.25, 0.3) is 0 Å². The van der Waals surface area contributed by atoms with E-state index in [0.717, 1.165) is 11.1 Å². The number of ketones is 1. The molecule has 2 aromatic carbocycles. The van der Waals surface area contributed by atoms with Crippen molar-refractivity contribution in [2.24, 2.45) is 0 Å². The van der Waals surface area contributed by atoms with Crippen LogP contribution in [0, 0.1) is 6.92 Å². The van der Waals surface area contributed by atoms with Gasteiger partial charge in [0.05, 0.1) is 16.8 Å². The minimum atomic E-state index is -3.78. The third-order valence-corrected chi connectivity index (χ3v) is 5.18. The van der Waals surface area contributed by atoms with Crippen molar-refractivity contribution in [2.45, 2.75) is 24.3 Å². The van der Waals surface area contributed by atoms with E-state index < -0.39 is 16.1 Å². The lowest BCUT2D eigenvalue weighted by atomic mass is 10.0. The quantitative estimate of drug-likeness (QED) is 0.780. The molecule has 6 heteroatoms. The van der Waals surface area contributed by atoms with Gasteiger partial charge in [0.1, 0.15) is 0 Å². The van der Waals surface area contributed by atoms with Gasteiger partial charge >= 0.3 is 0 Å². The molecule has 2 rings (SSSR count). The summed E-state index contributed by atoms with van der Waals surface area (Å²) in [4.78, 5) is 12.1. The number of aryl methyl sites for hydroxylation is 1. The van der Waals surface area contributed by atoms with Crippen molar-refractivity contribution in [3.8, 4) is 0 Å². The minimum Gasteiger partial charge on any atom is -0.297 e. The van der Waals surface area contributed by atoms with Crippen LogP contribution in [0.1, 0.15) is 11.1 Å². The Labute approximate surface area is 141 Å². The van der Waals surface area contributed by atoms with Gasteiger partial charge in [-0.1, -0.05) is 48.0 Å². The number of hydrogen-bond acceptors (Lipinski definition) is 3. The molecule has 23 heavy (non-hydrogen) atoms. The Morgan fingerprint density at radius 2 is 1.70 bits per heavy atom. The molecule has 0 amide bonds. The largest absolute Gasteiger partial charge is 0.297 e. The predicted octanol–water partition coefficient (Wildman–Crippen LogP) is 2.69. The van der Waals surface area contributed by atoms with E-state index in [0.29, 0.717) is 0 Å². The van der Waals surface area contributed by atoms with E-state index in [1.54, 1.807) is 12.1 Å². The monoisotopic (exact) mass is 351 g/mol. The lowest BCUT2D eigenvalue weighted by Gasteiger charge is -2.17. The molecule has 0 aromatic heterocycles. The fraction of sp³-hybridized carbons (Fsp3) is 0.235. The molecular weight excluding hydrogens is 334 g/mol. The summed E-state index contributed by atoms with van der Waals surface area (Å²) >= 11 is 5.62. The molecule has 0 bridgehead atoms. The number of halogens is 1. The van der Waals surface area contributed by atoms with Crippen molar-refractivity contribution in [3.63, 3.8) is 0 Å². The molecule has 0 fully saturated rings. The van der Waals surface area contributed by atoms with E-state index in [9.17, 15) is 13.2 Å². The highest BCUT2D eigenvalue weighted by molar-refractivity contribution is 7.89. The molecule has 0 spiro atoms. The summed E-state index contributed by atoms with van der Waals surface area (Å²) < 4.78 is 27.4. The van der Waals surface area contributed by atoms with Gasteiger partial charge in [-0.2, -0.15) is 0 Å². The molecule has 0 aliphatic heterocycles. The molecule has 0 heterocycles. The maximum Gasteiger partial charge on any atom is 0.241 e. The number of nitrogens with one attached hydrogen (secondary N) is 1. The molecular formula is C17H18ClNO3S. The molecule has 2 aromatic rings. The van der Waals surface area contributed by atoms with E-state index in [1.807, 2.05) is 37.3 Å². The third-order valence-electron chi connectivity index (χ3n) is 3.43. The fourth-order valence-corrected chi connectivity index (χ4v) is 3.54. The zero-order valence-electron chi connectivity index (χ0n) is 12.7. The van der Waals surface area contributed by atoms with Crippen LogP contribution < -0.4 is 4.72 Å². The number of hydrogen-bond donors (Lipinski definition) is 1. The van der Waals surface area contributed by atoms with Crippen LogP contribution in [0.5, 0.6) is 0 Å². The second-order valence-corrected chi connectivity index (χ2v) is 7.26. The van der Waals surface area contributed by atoms with Crippen LogP contribution in [-0.2, 0) is 21.2 Å². The summed E-state index contributed by atoms with van der Waals surface area (Å²) in [6.45, 7) is 1.87. The predicted molar refractivity (Wildman–Crippen MR) is 91.2 cm³/mol. The standard InChI is InChI=1S/C17H18ClNO3S/c1-13-7-9-15(10-8-13)23(21,22)19-16(17(20)12-18)11-14-5-3-2-4-6-14/h2-10,16,19H,11-12H2,1H3/t16-/m1/s1. The van der Waals surface area contributed by atoms with Crippen LogP contribution in [0.3, 0.4) is 0 Å². The summed E-state index contributed by atoms with van der Waals surface area (Å²) in [5, 5.41) is 0. The molecule has 0 unspecified atom stereocenters.